The summed E-state index contributed by atoms with van der Waals surface area (Å²) in [5, 5.41) is 3.19. The molecule has 1 aromatic heterocycles. The van der Waals surface area contributed by atoms with Crippen molar-refractivity contribution in [2.24, 2.45) is 4.99 Å². The summed E-state index contributed by atoms with van der Waals surface area (Å²) in [7, 11) is 0. The van der Waals surface area contributed by atoms with Gasteiger partial charge in [-0.05, 0) is 70.2 Å². The molecule has 0 spiro atoms. The zero-order chi connectivity index (χ0) is 14.8. The first-order valence-electron chi connectivity index (χ1n) is 5.91. The minimum absolute atomic E-state index is 0.176. The zero-order valence-electron chi connectivity index (χ0n) is 10.5. The highest BCUT2D eigenvalue weighted by atomic mass is 79.9. The number of carbonyl (C=O) groups is 1. The predicted molar refractivity (Wildman–Crippen MR) is 89.2 cm³/mol. The minimum Gasteiger partial charge on any atom is -0.300 e. The first-order chi connectivity index (χ1) is 10.1. The number of thiophene rings is 1. The molecular formula is C14H8BrFN2OS2. The van der Waals surface area contributed by atoms with Crippen LogP contribution < -0.4 is 5.32 Å². The van der Waals surface area contributed by atoms with Gasteiger partial charge in [0.1, 0.15) is 5.82 Å². The van der Waals surface area contributed by atoms with E-state index in [2.05, 4.69) is 26.2 Å². The number of nitrogens with one attached hydrogen (secondary N) is 1. The fraction of sp³-hybridized carbons (Fsp3) is 0. The Kier molecular flexibility index (Phi) is 4.23. The van der Waals surface area contributed by atoms with E-state index in [1.54, 1.807) is 23.5 Å². The molecule has 1 fully saturated rings. The van der Waals surface area contributed by atoms with E-state index >= 15 is 0 Å². The Labute approximate surface area is 137 Å². The molecule has 1 N–H and O–H groups in total. The van der Waals surface area contributed by atoms with Gasteiger partial charge in [-0.3, -0.25) is 4.79 Å². The van der Waals surface area contributed by atoms with E-state index < -0.39 is 0 Å². The van der Waals surface area contributed by atoms with Crippen molar-refractivity contribution in [3.63, 3.8) is 0 Å². The molecule has 0 unspecified atom stereocenters. The van der Waals surface area contributed by atoms with Gasteiger partial charge in [0.05, 0.1) is 14.4 Å². The largest absolute Gasteiger partial charge is 0.300 e. The number of aliphatic imine (C=N–C) groups is 1. The van der Waals surface area contributed by atoms with E-state index in [0.29, 0.717) is 15.8 Å². The Balaban J connectivity index is 1.81. The molecule has 3 rings (SSSR count). The van der Waals surface area contributed by atoms with Crippen molar-refractivity contribution in [2.75, 3.05) is 0 Å². The molecule has 1 saturated heterocycles. The Bertz CT molecular complexity index is 753. The summed E-state index contributed by atoms with van der Waals surface area (Å²) in [6, 6.07) is 9.66. The normalized spacial score (nSPS) is 18.5. The van der Waals surface area contributed by atoms with Crippen LogP contribution in [0.25, 0.3) is 6.08 Å². The van der Waals surface area contributed by atoms with E-state index in [-0.39, 0.29) is 11.7 Å². The van der Waals surface area contributed by atoms with Crippen molar-refractivity contribution in [3.05, 3.63) is 55.8 Å². The minimum atomic E-state index is -0.314. The number of halogens is 2. The van der Waals surface area contributed by atoms with Crippen molar-refractivity contribution in [1.29, 1.82) is 0 Å². The first-order valence-corrected chi connectivity index (χ1v) is 8.33. The molecule has 7 heteroatoms. The van der Waals surface area contributed by atoms with Crippen molar-refractivity contribution in [2.45, 2.75) is 0 Å². The zero-order valence-corrected chi connectivity index (χ0v) is 13.7. The van der Waals surface area contributed by atoms with Gasteiger partial charge >= 0.3 is 0 Å². The maximum absolute atomic E-state index is 12.8. The number of amidine groups is 1. The molecule has 1 aromatic carbocycles. The van der Waals surface area contributed by atoms with Gasteiger partial charge in [0.15, 0.2) is 5.17 Å². The van der Waals surface area contributed by atoms with Gasteiger partial charge in [-0.2, -0.15) is 0 Å². The molecule has 1 amide bonds. The quantitative estimate of drug-likeness (QED) is 0.774. The molecule has 0 bridgehead atoms. The molecular weight excluding hydrogens is 375 g/mol. The van der Waals surface area contributed by atoms with Crippen LogP contribution in [0.1, 0.15) is 4.88 Å². The molecule has 3 nitrogen and oxygen atoms in total. The van der Waals surface area contributed by atoms with Crippen molar-refractivity contribution in [1.82, 2.24) is 5.32 Å². The molecule has 0 atom stereocenters. The van der Waals surface area contributed by atoms with Crippen molar-refractivity contribution in [3.8, 4) is 0 Å². The number of carbonyl (C=O) groups excluding carboxylic acids is 1. The van der Waals surface area contributed by atoms with E-state index in [9.17, 15) is 9.18 Å². The maximum atomic E-state index is 12.8. The summed E-state index contributed by atoms with van der Waals surface area (Å²) in [5.41, 5.74) is 0.597. The van der Waals surface area contributed by atoms with Gasteiger partial charge in [0.25, 0.3) is 5.91 Å². The third-order valence-corrected chi connectivity index (χ3v) is 5.06. The molecule has 2 heterocycles. The highest BCUT2D eigenvalue weighted by molar-refractivity contribution is 9.11. The van der Waals surface area contributed by atoms with Crippen molar-refractivity contribution >= 4 is 61.9 Å². The lowest BCUT2D eigenvalue weighted by Gasteiger charge is -1.95. The third kappa shape index (κ3) is 3.61. The molecule has 0 saturated carbocycles. The SMILES string of the molecule is O=C1NC(=Nc2ccc(F)cc2)S/C1=C/c1ccc(Br)s1. The smallest absolute Gasteiger partial charge is 0.264 e. The molecule has 1 aliphatic heterocycles. The highest BCUT2D eigenvalue weighted by Crippen LogP contribution is 2.31. The number of nitrogens with zero attached hydrogens (tertiary/aromatic N) is 1. The van der Waals surface area contributed by atoms with E-state index in [1.165, 1.54) is 23.9 Å². The topological polar surface area (TPSA) is 41.5 Å². The van der Waals surface area contributed by atoms with Crippen LogP contribution in [0.2, 0.25) is 0 Å². The van der Waals surface area contributed by atoms with Crippen LogP contribution in [-0.4, -0.2) is 11.1 Å². The Hall–Kier alpha value is -1.44. The van der Waals surface area contributed by atoms with Crippen LogP contribution in [0.15, 0.2) is 50.1 Å². The lowest BCUT2D eigenvalue weighted by Crippen LogP contribution is -2.19. The molecule has 1 aliphatic rings. The summed E-state index contributed by atoms with van der Waals surface area (Å²) in [6.07, 6.45) is 1.82. The third-order valence-electron chi connectivity index (χ3n) is 2.58. The van der Waals surface area contributed by atoms with Gasteiger partial charge in [-0.1, -0.05) is 0 Å². The standard InChI is InChI=1S/C14H8BrFN2OS2/c15-12-6-5-10(20-12)7-11-13(19)18-14(21-11)17-9-3-1-8(16)2-4-9/h1-7H,(H,17,18,19)/b11-7+. The van der Waals surface area contributed by atoms with Crippen LogP contribution in [0.5, 0.6) is 0 Å². The van der Waals surface area contributed by atoms with E-state index in [4.69, 9.17) is 0 Å². The van der Waals surface area contributed by atoms with Gasteiger partial charge in [0.2, 0.25) is 0 Å². The lowest BCUT2D eigenvalue weighted by molar-refractivity contribution is -0.115. The van der Waals surface area contributed by atoms with Crippen LogP contribution in [0, 0.1) is 5.82 Å². The van der Waals surface area contributed by atoms with Crippen LogP contribution >= 0.6 is 39.0 Å². The molecule has 2 aromatic rings. The summed E-state index contributed by atoms with van der Waals surface area (Å²) >= 11 is 6.20. The molecule has 0 aliphatic carbocycles. The second kappa shape index (κ2) is 6.13. The summed E-state index contributed by atoms with van der Waals surface area (Å²) < 4.78 is 13.8. The van der Waals surface area contributed by atoms with Gasteiger partial charge in [-0.25, -0.2) is 9.38 Å². The summed E-state index contributed by atoms with van der Waals surface area (Å²) in [4.78, 5) is 17.7. The number of thioether (sulfide) groups is 1. The average molecular weight is 383 g/mol. The van der Waals surface area contributed by atoms with Gasteiger partial charge < -0.3 is 5.32 Å². The van der Waals surface area contributed by atoms with Crippen LogP contribution in [0.3, 0.4) is 0 Å². The van der Waals surface area contributed by atoms with E-state index in [0.717, 1.165) is 8.66 Å². The average Bonchev–Trinajstić information content (AvgIpc) is 3.00. The van der Waals surface area contributed by atoms with Crippen LogP contribution in [0.4, 0.5) is 10.1 Å². The lowest BCUT2D eigenvalue weighted by atomic mass is 10.3. The molecule has 0 radical (unpaired) electrons. The van der Waals surface area contributed by atoms with Gasteiger partial charge in [0, 0.05) is 4.88 Å². The Morgan fingerprint density at radius 2 is 1.95 bits per heavy atom. The Morgan fingerprint density at radius 3 is 2.62 bits per heavy atom. The number of hydrogen-bond donors (Lipinski definition) is 1. The summed E-state index contributed by atoms with van der Waals surface area (Å²) in [5.74, 6) is -0.490. The number of benzene rings is 1. The second-order valence-electron chi connectivity index (χ2n) is 4.10. The highest BCUT2D eigenvalue weighted by Gasteiger charge is 2.23. The maximum Gasteiger partial charge on any atom is 0.264 e. The van der Waals surface area contributed by atoms with Crippen LogP contribution in [-0.2, 0) is 4.79 Å². The van der Waals surface area contributed by atoms with Crippen molar-refractivity contribution < 1.29 is 9.18 Å². The fourth-order valence-corrected chi connectivity index (χ4v) is 3.92. The first kappa shape index (κ1) is 14.5. The number of hydrogen-bond acceptors (Lipinski definition) is 4. The van der Waals surface area contributed by atoms with E-state index in [1.807, 2.05) is 18.2 Å². The number of rotatable bonds is 2. The predicted octanol–water partition coefficient (Wildman–Crippen LogP) is 4.54. The molecule has 21 heavy (non-hydrogen) atoms. The summed E-state index contributed by atoms with van der Waals surface area (Å²) in [6.45, 7) is 0. The molecule has 106 valence electrons. The monoisotopic (exact) mass is 382 g/mol. The second-order valence-corrected chi connectivity index (χ2v) is 7.63. The Morgan fingerprint density at radius 1 is 1.19 bits per heavy atom. The fourth-order valence-electron chi connectivity index (χ4n) is 1.65. The van der Waals surface area contributed by atoms with Gasteiger partial charge in [-0.15, -0.1) is 11.3 Å². The number of amides is 1.